The number of aryl methyl sites for hydroxylation is 2. The number of pyridine rings is 1. The van der Waals surface area contributed by atoms with Crippen molar-refractivity contribution in [2.75, 3.05) is 0 Å². The predicted octanol–water partition coefficient (Wildman–Crippen LogP) is 3.52. The second kappa shape index (κ2) is 5.49. The van der Waals surface area contributed by atoms with Crippen molar-refractivity contribution in [3.05, 3.63) is 22.9 Å². The van der Waals surface area contributed by atoms with Gasteiger partial charge in [0.15, 0.2) is 0 Å². The first-order valence-electron chi connectivity index (χ1n) is 7.24. The van der Waals surface area contributed by atoms with E-state index in [9.17, 15) is 0 Å². The molecule has 1 aromatic rings. The van der Waals surface area contributed by atoms with Crippen molar-refractivity contribution in [2.24, 2.45) is 0 Å². The molecule has 0 amide bonds. The van der Waals surface area contributed by atoms with E-state index >= 15 is 0 Å². The lowest BCUT2D eigenvalue weighted by molar-refractivity contribution is 0.112. The molecule has 1 saturated carbocycles. The first-order valence-corrected chi connectivity index (χ1v) is 7.24. The van der Waals surface area contributed by atoms with Gasteiger partial charge in [0.2, 0.25) is 5.88 Å². The summed E-state index contributed by atoms with van der Waals surface area (Å²) in [5.41, 5.74) is 3.60. The Morgan fingerprint density at radius 2 is 2.00 bits per heavy atom. The first-order chi connectivity index (χ1) is 8.85. The molecule has 3 nitrogen and oxygen atoms in total. The second-order valence-electron chi connectivity index (χ2n) is 6.64. The molecule has 0 atom stereocenters. The lowest BCUT2D eigenvalue weighted by atomic mass is 9.96. The number of ether oxygens (including phenoxy) is 1. The highest BCUT2D eigenvalue weighted by Crippen LogP contribution is 2.28. The van der Waals surface area contributed by atoms with E-state index in [0.717, 1.165) is 18.1 Å². The molecule has 3 heteroatoms. The minimum absolute atomic E-state index is 0.102. The highest BCUT2D eigenvalue weighted by Gasteiger charge is 2.22. The van der Waals surface area contributed by atoms with Crippen LogP contribution in [0.5, 0.6) is 5.88 Å². The van der Waals surface area contributed by atoms with Gasteiger partial charge in [0.25, 0.3) is 0 Å². The fourth-order valence-corrected chi connectivity index (χ4v) is 2.14. The Morgan fingerprint density at radius 3 is 2.53 bits per heavy atom. The van der Waals surface area contributed by atoms with Crippen LogP contribution < -0.4 is 10.1 Å². The number of nitrogens with zero attached hydrogens (tertiary/aromatic N) is 1. The van der Waals surface area contributed by atoms with Gasteiger partial charge in [-0.05, 0) is 65.5 Å². The molecular weight excluding hydrogens is 236 g/mol. The standard InChI is InChI=1S/C16H26N2O/c1-11-9-12(2)18-15(19-13-7-6-8-13)14(11)10-17-16(3,4)5/h9,13,17H,6-8,10H2,1-5H3. The summed E-state index contributed by atoms with van der Waals surface area (Å²) in [7, 11) is 0. The van der Waals surface area contributed by atoms with E-state index in [1.807, 2.05) is 6.92 Å². The summed E-state index contributed by atoms with van der Waals surface area (Å²) in [5, 5.41) is 3.53. The van der Waals surface area contributed by atoms with Gasteiger partial charge in [-0.25, -0.2) is 4.98 Å². The van der Waals surface area contributed by atoms with Crippen molar-refractivity contribution in [1.82, 2.24) is 10.3 Å². The monoisotopic (exact) mass is 262 g/mol. The largest absolute Gasteiger partial charge is 0.474 e. The van der Waals surface area contributed by atoms with Crippen molar-refractivity contribution >= 4 is 0 Å². The molecule has 0 aliphatic heterocycles. The van der Waals surface area contributed by atoms with Crippen LogP contribution in [-0.2, 0) is 6.54 Å². The van der Waals surface area contributed by atoms with Crippen molar-refractivity contribution < 1.29 is 4.74 Å². The highest BCUT2D eigenvalue weighted by atomic mass is 16.5. The maximum absolute atomic E-state index is 6.06. The molecule has 0 saturated heterocycles. The van der Waals surface area contributed by atoms with Crippen LogP contribution in [-0.4, -0.2) is 16.6 Å². The Balaban J connectivity index is 2.18. The molecule has 1 fully saturated rings. The zero-order chi connectivity index (χ0) is 14.0. The molecule has 1 aliphatic rings. The van der Waals surface area contributed by atoms with Gasteiger partial charge in [-0.3, -0.25) is 0 Å². The molecule has 1 heterocycles. The van der Waals surface area contributed by atoms with Crippen molar-refractivity contribution in [2.45, 2.75) is 72.1 Å². The number of aromatic nitrogens is 1. The van der Waals surface area contributed by atoms with Gasteiger partial charge < -0.3 is 10.1 Å². The van der Waals surface area contributed by atoms with E-state index in [0.29, 0.717) is 6.10 Å². The summed E-state index contributed by atoms with van der Waals surface area (Å²) in [6, 6.07) is 2.13. The highest BCUT2D eigenvalue weighted by molar-refractivity contribution is 5.36. The van der Waals surface area contributed by atoms with Crippen molar-refractivity contribution in [3.8, 4) is 5.88 Å². The molecule has 2 rings (SSSR count). The molecule has 1 aromatic heterocycles. The summed E-state index contributed by atoms with van der Waals surface area (Å²) in [6.45, 7) is 11.5. The second-order valence-corrected chi connectivity index (χ2v) is 6.64. The minimum atomic E-state index is 0.102. The first kappa shape index (κ1) is 14.3. The molecule has 0 unspecified atom stereocenters. The van der Waals surface area contributed by atoms with Crippen LogP contribution >= 0.6 is 0 Å². The Kier molecular flexibility index (Phi) is 4.14. The topological polar surface area (TPSA) is 34.1 Å². The third kappa shape index (κ3) is 3.93. The third-order valence-corrected chi connectivity index (χ3v) is 3.56. The smallest absolute Gasteiger partial charge is 0.218 e. The summed E-state index contributed by atoms with van der Waals surface area (Å²) >= 11 is 0. The van der Waals surface area contributed by atoms with Crippen LogP contribution in [0.3, 0.4) is 0 Å². The molecule has 19 heavy (non-hydrogen) atoms. The summed E-state index contributed by atoms with van der Waals surface area (Å²) in [4.78, 5) is 4.59. The van der Waals surface area contributed by atoms with Crippen LogP contribution in [0, 0.1) is 13.8 Å². The molecule has 1 N–H and O–H groups in total. The van der Waals surface area contributed by atoms with Crippen LogP contribution in [0.1, 0.15) is 56.9 Å². The predicted molar refractivity (Wildman–Crippen MR) is 78.6 cm³/mol. The Hall–Kier alpha value is -1.09. The van der Waals surface area contributed by atoms with Gasteiger partial charge in [-0.1, -0.05) is 0 Å². The van der Waals surface area contributed by atoms with Crippen molar-refractivity contribution in [3.63, 3.8) is 0 Å². The molecule has 0 bridgehead atoms. The fourth-order valence-electron chi connectivity index (χ4n) is 2.14. The van der Waals surface area contributed by atoms with E-state index in [2.05, 4.69) is 44.1 Å². The van der Waals surface area contributed by atoms with E-state index in [-0.39, 0.29) is 5.54 Å². The lowest BCUT2D eigenvalue weighted by Gasteiger charge is -2.28. The van der Waals surface area contributed by atoms with E-state index in [4.69, 9.17) is 4.74 Å². The van der Waals surface area contributed by atoms with Gasteiger partial charge in [0.1, 0.15) is 6.10 Å². The van der Waals surface area contributed by atoms with E-state index in [1.165, 1.54) is 30.4 Å². The number of nitrogens with one attached hydrogen (secondary N) is 1. The molecule has 0 spiro atoms. The Morgan fingerprint density at radius 1 is 1.32 bits per heavy atom. The molecule has 1 aliphatic carbocycles. The quantitative estimate of drug-likeness (QED) is 0.901. The average molecular weight is 262 g/mol. The van der Waals surface area contributed by atoms with Crippen LogP contribution in [0.4, 0.5) is 0 Å². The number of hydrogen-bond acceptors (Lipinski definition) is 3. The normalized spacial score (nSPS) is 16.3. The molecule has 0 aromatic carbocycles. The zero-order valence-corrected chi connectivity index (χ0v) is 12.8. The number of rotatable bonds is 4. The summed E-state index contributed by atoms with van der Waals surface area (Å²) in [5.74, 6) is 0.832. The third-order valence-electron chi connectivity index (χ3n) is 3.56. The Bertz CT molecular complexity index is 445. The zero-order valence-electron chi connectivity index (χ0n) is 12.8. The lowest BCUT2D eigenvalue weighted by Crippen LogP contribution is -2.35. The van der Waals surface area contributed by atoms with E-state index < -0.39 is 0 Å². The van der Waals surface area contributed by atoms with E-state index in [1.54, 1.807) is 0 Å². The maximum atomic E-state index is 6.06. The average Bonchev–Trinajstić information content (AvgIpc) is 2.20. The summed E-state index contributed by atoms with van der Waals surface area (Å²) in [6.07, 6.45) is 3.99. The molecule has 0 radical (unpaired) electrons. The van der Waals surface area contributed by atoms with Gasteiger partial charge in [-0.2, -0.15) is 0 Å². The van der Waals surface area contributed by atoms with Crippen LogP contribution in [0.25, 0.3) is 0 Å². The van der Waals surface area contributed by atoms with Gasteiger partial charge >= 0.3 is 0 Å². The van der Waals surface area contributed by atoms with Crippen LogP contribution in [0.2, 0.25) is 0 Å². The van der Waals surface area contributed by atoms with Gasteiger partial charge in [0, 0.05) is 23.3 Å². The fraction of sp³-hybridized carbons (Fsp3) is 0.688. The van der Waals surface area contributed by atoms with Crippen molar-refractivity contribution in [1.29, 1.82) is 0 Å². The van der Waals surface area contributed by atoms with Gasteiger partial charge in [-0.15, -0.1) is 0 Å². The van der Waals surface area contributed by atoms with Crippen LogP contribution in [0.15, 0.2) is 6.07 Å². The molecule has 106 valence electrons. The Labute approximate surface area is 116 Å². The molecular formula is C16H26N2O. The van der Waals surface area contributed by atoms with Gasteiger partial charge in [0.05, 0.1) is 0 Å². The minimum Gasteiger partial charge on any atom is -0.474 e. The summed E-state index contributed by atoms with van der Waals surface area (Å²) < 4.78 is 6.06. The maximum Gasteiger partial charge on any atom is 0.218 e. The SMILES string of the molecule is Cc1cc(C)c(CNC(C)(C)C)c(OC2CCC2)n1. The number of hydrogen-bond donors (Lipinski definition) is 1.